The van der Waals surface area contributed by atoms with Gasteiger partial charge in [0.25, 0.3) is 11.8 Å². The molecule has 0 spiro atoms. The topological polar surface area (TPSA) is 92.8 Å². The third-order valence-corrected chi connectivity index (χ3v) is 7.97. The van der Waals surface area contributed by atoms with Crippen molar-refractivity contribution in [3.63, 3.8) is 0 Å². The van der Waals surface area contributed by atoms with Crippen molar-refractivity contribution in [2.75, 3.05) is 11.9 Å². The molecule has 0 saturated carbocycles. The fraction of sp³-hybridized carbons (Fsp3) is 0.462. The molecule has 8 heteroatoms. The molecule has 0 fully saturated rings. The largest absolute Gasteiger partial charge is 0.462 e. The van der Waals surface area contributed by atoms with Crippen molar-refractivity contribution in [2.45, 2.75) is 59.9 Å². The van der Waals surface area contributed by atoms with Crippen LogP contribution in [-0.4, -0.2) is 41.2 Å². The molecule has 2 heterocycles. The predicted octanol–water partition coefficient (Wildman–Crippen LogP) is 4.70. The highest BCUT2D eigenvalue weighted by atomic mass is 32.1. The van der Waals surface area contributed by atoms with E-state index in [1.165, 1.54) is 18.3 Å². The average Bonchev–Trinajstić information content (AvgIpc) is 3.27. The quantitative estimate of drug-likeness (QED) is 0.493. The standard InChI is InChI=1S/C26H30N2O5S/c1-6-33-25(32)20-18-12-11-15(26(3,4)5)13-19(18)34-22(20)27-21(29)14(2)28-23(30)16-9-7-8-10-17(16)24(28)31/h7-10,14-15H,6,11-13H2,1-5H3,(H,27,29). The zero-order chi connectivity index (χ0) is 24.8. The van der Waals surface area contributed by atoms with E-state index in [-0.39, 0.29) is 12.0 Å². The Balaban J connectivity index is 1.61. The van der Waals surface area contributed by atoms with E-state index in [0.29, 0.717) is 27.6 Å². The molecule has 2 unspecified atom stereocenters. The van der Waals surface area contributed by atoms with Crippen LogP contribution in [0.25, 0.3) is 0 Å². The molecule has 0 saturated heterocycles. The van der Waals surface area contributed by atoms with E-state index >= 15 is 0 Å². The highest BCUT2D eigenvalue weighted by molar-refractivity contribution is 7.17. The molecule has 2 atom stereocenters. The Morgan fingerprint density at radius 1 is 1.18 bits per heavy atom. The van der Waals surface area contributed by atoms with Crippen LogP contribution in [0.2, 0.25) is 0 Å². The number of hydrogen-bond donors (Lipinski definition) is 1. The molecule has 2 aromatic rings. The number of rotatable bonds is 5. The van der Waals surface area contributed by atoms with Crippen LogP contribution >= 0.6 is 11.3 Å². The number of imide groups is 1. The molecule has 1 aromatic carbocycles. The minimum atomic E-state index is -1.04. The van der Waals surface area contributed by atoms with Crippen molar-refractivity contribution in [2.24, 2.45) is 11.3 Å². The fourth-order valence-electron chi connectivity index (χ4n) is 4.73. The molecule has 34 heavy (non-hydrogen) atoms. The highest BCUT2D eigenvalue weighted by Crippen LogP contribution is 2.44. The molecular weight excluding hydrogens is 452 g/mol. The number of esters is 1. The van der Waals surface area contributed by atoms with Gasteiger partial charge in [-0.1, -0.05) is 32.9 Å². The lowest BCUT2D eigenvalue weighted by molar-refractivity contribution is -0.119. The number of benzene rings is 1. The third-order valence-electron chi connectivity index (χ3n) is 6.80. The monoisotopic (exact) mass is 482 g/mol. The first-order chi connectivity index (χ1) is 16.0. The maximum atomic E-state index is 13.2. The summed E-state index contributed by atoms with van der Waals surface area (Å²) in [5, 5.41) is 3.26. The fourth-order valence-corrected chi connectivity index (χ4v) is 6.04. The Labute approximate surface area is 203 Å². The van der Waals surface area contributed by atoms with Crippen LogP contribution in [-0.2, 0) is 22.4 Å². The molecular formula is C26H30N2O5S. The van der Waals surface area contributed by atoms with E-state index in [4.69, 9.17) is 4.74 Å². The van der Waals surface area contributed by atoms with E-state index in [0.717, 1.165) is 34.6 Å². The summed E-state index contributed by atoms with van der Waals surface area (Å²) in [5.74, 6) is -1.50. The lowest BCUT2D eigenvalue weighted by atomic mass is 9.72. The zero-order valence-corrected chi connectivity index (χ0v) is 21.0. The van der Waals surface area contributed by atoms with Crippen LogP contribution in [0.15, 0.2) is 24.3 Å². The van der Waals surface area contributed by atoms with Gasteiger partial charge in [0.1, 0.15) is 11.0 Å². The molecule has 3 amide bonds. The Bertz CT molecular complexity index is 1140. The zero-order valence-electron chi connectivity index (χ0n) is 20.2. The Morgan fingerprint density at radius 3 is 2.35 bits per heavy atom. The molecule has 7 nitrogen and oxygen atoms in total. The average molecular weight is 483 g/mol. The van der Waals surface area contributed by atoms with Crippen molar-refractivity contribution < 1.29 is 23.9 Å². The maximum absolute atomic E-state index is 13.2. The van der Waals surface area contributed by atoms with Crippen molar-refractivity contribution in [1.29, 1.82) is 0 Å². The van der Waals surface area contributed by atoms with Crippen LogP contribution in [0.3, 0.4) is 0 Å². The second-order valence-electron chi connectivity index (χ2n) is 9.93. The summed E-state index contributed by atoms with van der Waals surface area (Å²) >= 11 is 1.39. The molecule has 1 aromatic heterocycles. The highest BCUT2D eigenvalue weighted by Gasteiger charge is 2.41. The second kappa shape index (κ2) is 8.98. The van der Waals surface area contributed by atoms with Crippen molar-refractivity contribution in [1.82, 2.24) is 4.90 Å². The number of amides is 3. The van der Waals surface area contributed by atoms with Gasteiger partial charge in [0.2, 0.25) is 5.91 Å². The summed E-state index contributed by atoms with van der Waals surface area (Å²) in [5.41, 5.74) is 2.05. The van der Waals surface area contributed by atoms with Gasteiger partial charge in [0.15, 0.2) is 0 Å². The van der Waals surface area contributed by atoms with E-state index in [1.807, 2.05) is 0 Å². The number of fused-ring (bicyclic) bond motifs is 2. The minimum Gasteiger partial charge on any atom is -0.462 e. The van der Waals surface area contributed by atoms with Gasteiger partial charge in [-0.3, -0.25) is 19.3 Å². The Morgan fingerprint density at radius 2 is 1.79 bits per heavy atom. The first-order valence-electron chi connectivity index (χ1n) is 11.6. The van der Waals surface area contributed by atoms with Gasteiger partial charge in [-0.15, -0.1) is 11.3 Å². The predicted molar refractivity (Wildman–Crippen MR) is 130 cm³/mol. The third kappa shape index (κ3) is 4.15. The number of ether oxygens (including phenoxy) is 1. The lowest BCUT2D eigenvalue weighted by Crippen LogP contribution is -2.45. The summed E-state index contributed by atoms with van der Waals surface area (Å²) in [6.07, 6.45) is 2.53. The number of carbonyl (C=O) groups excluding carboxylic acids is 4. The van der Waals surface area contributed by atoms with Crippen LogP contribution < -0.4 is 5.32 Å². The first-order valence-corrected chi connectivity index (χ1v) is 12.5. The van der Waals surface area contributed by atoms with Crippen LogP contribution in [0.1, 0.15) is 82.6 Å². The smallest absolute Gasteiger partial charge is 0.341 e. The number of nitrogens with zero attached hydrogens (tertiary/aromatic N) is 1. The second-order valence-corrected chi connectivity index (χ2v) is 11.0. The van der Waals surface area contributed by atoms with E-state index in [2.05, 4.69) is 26.1 Å². The van der Waals surface area contributed by atoms with E-state index in [9.17, 15) is 19.2 Å². The van der Waals surface area contributed by atoms with Gasteiger partial charge in [-0.05, 0) is 62.1 Å². The summed E-state index contributed by atoms with van der Waals surface area (Å²) < 4.78 is 5.30. The molecule has 4 rings (SSSR count). The minimum absolute atomic E-state index is 0.134. The molecule has 1 aliphatic heterocycles. The Hall–Kier alpha value is -3.00. The van der Waals surface area contributed by atoms with Crippen LogP contribution in [0, 0.1) is 11.3 Å². The molecule has 0 bridgehead atoms. The SMILES string of the molecule is CCOC(=O)c1c(NC(=O)C(C)N2C(=O)c3ccccc3C2=O)sc2c1CCC(C(C)(C)C)C2. The Kier molecular flexibility index (Phi) is 6.38. The van der Waals surface area contributed by atoms with E-state index < -0.39 is 29.7 Å². The normalized spacial score (nSPS) is 18.4. The molecule has 1 N–H and O–H groups in total. The van der Waals surface area contributed by atoms with Crippen molar-refractivity contribution >= 4 is 40.0 Å². The number of anilines is 1. The number of carbonyl (C=O) groups is 4. The van der Waals surface area contributed by atoms with Gasteiger partial charge >= 0.3 is 5.97 Å². The van der Waals surface area contributed by atoms with E-state index in [1.54, 1.807) is 31.2 Å². The summed E-state index contributed by atoms with van der Waals surface area (Å²) in [6.45, 7) is 10.1. The molecule has 1 aliphatic carbocycles. The first kappa shape index (κ1) is 24.1. The number of nitrogens with one attached hydrogen (secondary N) is 1. The van der Waals surface area contributed by atoms with Gasteiger partial charge in [-0.25, -0.2) is 4.79 Å². The van der Waals surface area contributed by atoms with Gasteiger partial charge in [-0.2, -0.15) is 0 Å². The molecule has 180 valence electrons. The van der Waals surface area contributed by atoms with Crippen LogP contribution in [0.4, 0.5) is 5.00 Å². The number of thiophene rings is 1. The summed E-state index contributed by atoms with van der Waals surface area (Å²) in [6, 6.07) is 5.50. The molecule has 2 aliphatic rings. The number of hydrogen-bond acceptors (Lipinski definition) is 6. The lowest BCUT2D eigenvalue weighted by Gasteiger charge is -2.33. The molecule has 0 radical (unpaired) electrons. The van der Waals surface area contributed by atoms with Crippen molar-refractivity contribution in [3.8, 4) is 0 Å². The van der Waals surface area contributed by atoms with Gasteiger partial charge in [0, 0.05) is 4.88 Å². The summed E-state index contributed by atoms with van der Waals surface area (Å²) in [4.78, 5) is 53.7. The maximum Gasteiger partial charge on any atom is 0.341 e. The summed E-state index contributed by atoms with van der Waals surface area (Å²) in [7, 11) is 0. The van der Waals surface area contributed by atoms with Gasteiger partial charge < -0.3 is 10.1 Å². The van der Waals surface area contributed by atoms with Gasteiger partial charge in [0.05, 0.1) is 23.3 Å². The van der Waals surface area contributed by atoms with Crippen molar-refractivity contribution in [3.05, 3.63) is 51.4 Å². The van der Waals surface area contributed by atoms with Crippen LogP contribution in [0.5, 0.6) is 0 Å².